The summed E-state index contributed by atoms with van der Waals surface area (Å²) in [4.78, 5) is 13.8. The molecule has 0 aliphatic heterocycles. The first-order valence-electron chi connectivity index (χ1n) is 5.23. The predicted molar refractivity (Wildman–Crippen MR) is 63.4 cm³/mol. The largest absolute Gasteiger partial charge is 0.409 e. The Morgan fingerprint density at radius 1 is 1.50 bits per heavy atom. The van der Waals surface area contributed by atoms with Gasteiger partial charge in [-0.2, -0.15) is 0 Å². The molecule has 6 heteroatoms. The lowest BCUT2D eigenvalue weighted by atomic mass is 9.91. The van der Waals surface area contributed by atoms with E-state index in [-0.39, 0.29) is 11.7 Å². The monoisotopic (exact) mass is 230 g/mol. The van der Waals surface area contributed by atoms with E-state index in [1.165, 1.54) is 0 Å². The fraction of sp³-hybridized carbons (Fsp3) is 0.800. The minimum absolute atomic E-state index is 0.0855. The highest BCUT2D eigenvalue weighted by molar-refractivity contribution is 6.05. The van der Waals surface area contributed by atoms with Gasteiger partial charge in [0.2, 0.25) is 5.91 Å². The Morgan fingerprint density at radius 2 is 2.06 bits per heavy atom. The van der Waals surface area contributed by atoms with Crippen LogP contribution in [0.5, 0.6) is 0 Å². The van der Waals surface area contributed by atoms with Gasteiger partial charge >= 0.3 is 0 Å². The highest BCUT2D eigenvalue weighted by Gasteiger charge is 2.32. The van der Waals surface area contributed by atoms with E-state index >= 15 is 0 Å². The van der Waals surface area contributed by atoms with E-state index in [0.29, 0.717) is 6.54 Å². The molecule has 1 amide bonds. The van der Waals surface area contributed by atoms with Gasteiger partial charge < -0.3 is 21.2 Å². The van der Waals surface area contributed by atoms with Crippen LogP contribution in [0.25, 0.3) is 0 Å². The molecule has 0 radical (unpaired) electrons. The van der Waals surface area contributed by atoms with Crippen molar-refractivity contribution in [3.05, 3.63) is 0 Å². The number of oxime groups is 1. The van der Waals surface area contributed by atoms with Gasteiger partial charge in [-0.1, -0.05) is 5.16 Å². The number of rotatable bonds is 6. The van der Waals surface area contributed by atoms with E-state index in [9.17, 15) is 4.79 Å². The number of nitrogens with two attached hydrogens (primary N) is 1. The van der Waals surface area contributed by atoms with E-state index in [1.54, 1.807) is 13.8 Å². The first kappa shape index (κ1) is 14.7. The van der Waals surface area contributed by atoms with Crippen LogP contribution in [0.3, 0.4) is 0 Å². The minimum atomic E-state index is -0.979. The van der Waals surface area contributed by atoms with Crippen LogP contribution in [0.1, 0.15) is 20.3 Å². The van der Waals surface area contributed by atoms with Crippen molar-refractivity contribution < 1.29 is 10.0 Å². The quantitative estimate of drug-likeness (QED) is 0.194. The molecule has 0 saturated carbocycles. The van der Waals surface area contributed by atoms with Crippen molar-refractivity contribution in [2.75, 3.05) is 27.2 Å². The molecule has 0 heterocycles. The van der Waals surface area contributed by atoms with Crippen LogP contribution in [0.2, 0.25) is 0 Å². The first-order chi connectivity index (χ1) is 7.32. The molecule has 94 valence electrons. The number of amides is 1. The fourth-order valence-electron chi connectivity index (χ4n) is 1.06. The fourth-order valence-corrected chi connectivity index (χ4v) is 1.06. The SMILES string of the molecule is CN(C)CCCNC(=O)C(C)(C)C(N)=NO. The van der Waals surface area contributed by atoms with Gasteiger partial charge in [0.05, 0.1) is 0 Å². The van der Waals surface area contributed by atoms with Gasteiger partial charge in [-0.15, -0.1) is 0 Å². The zero-order valence-corrected chi connectivity index (χ0v) is 10.4. The molecule has 16 heavy (non-hydrogen) atoms. The Bertz CT molecular complexity index is 262. The maximum atomic E-state index is 11.7. The van der Waals surface area contributed by atoms with Crippen LogP contribution in [0, 0.1) is 5.41 Å². The number of carbonyl (C=O) groups excluding carboxylic acids is 1. The van der Waals surface area contributed by atoms with Gasteiger partial charge in [-0.3, -0.25) is 4.79 Å². The van der Waals surface area contributed by atoms with Crippen molar-refractivity contribution in [1.29, 1.82) is 0 Å². The predicted octanol–water partition coefficient (Wildman–Crippen LogP) is -0.173. The summed E-state index contributed by atoms with van der Waals surface area (Å²) >= 11 is 0. The maximum Gasteiger partial charge on any atom is 0.233 e. The third-order valence-electron chi connectivity index (χ3n) is 2.38. The zero-order chi connectivity index (χ0) is 12.8. The number of nitrogens with one attached hydrogen (secondary N) is 1. The summed E-state index contributed by atoms with van der Waals surface area (Å²) in [7, 11) is 3.95. The van der Waals surface area contributed by atoms with Crippen molar-refractivity contribution in [1.82, 2.24) is 10.2 Å². The molecular weight excluding hydrogens is 208 g/mol. The van der Waals surface area contributed by atoms with Crippen molar-refractivity contribution in [3.8, 4) is 0 Å². The van der Waals surface area contributed by atoms with Crippen LogP contribution in [-0.4, -0.2) is 49.0 Å². The van der Waals surface area contributed by atoms with Crippen molar-refractivity contribution in [3.63, 3.8) is 0 Å². The number of amidine groups is 1. The van der Waals surface area contributed by atoms with Crippen molar-refractivity contribution >= 4 is 11.7 Å². The molecule has 0 aliphatic carbocycles. The van der Waals surface area contributed by atoms with Crippen LogP contribution in [0.4, 0.5) is 0 Å². The molecule has 0 aromatic carbocycles. The normalized spacial score (nSPS) is 12.9. The third-order valence-corrected chi connectivity index (χ3v) is 2.38. The Labute approximate surface area is 96.5 Å². The van der Waals surface area contributed by atoms with E-state index in [2.05, 4.69) is 10.5 Å². The molecule has 0 aromatic heterocycles. The van der Waals surface area contributed by atoms with Gasteiger partial charge in [-0.25, -0.2) is 0 Å². The topological polar surface area (TPSA) is 91.0 Å². The number of nitrogens with zero attached hydrogens (tertiary/aromatic N) is 2. The smallest absolute Gasteiger partial charge is 0.233 e. The van der Waals surface area contributed by atoms with E-state index in [1.807, 2.05) is 19.0 Å². The number of hydrogen-bond acceptors (Lipinski definition) is 4. The van der Waals surface area contributed by atoms with Gasteiger partial charge in [0.1, 0.15) is 5.41 Å². The van der Waals surface area contributed by atoms with Crippen molar-refractivity contribution in [2.45, 2.75) is 20.3 Å². The summed E-state index contributed by atoms with van der Waals surface area (Å²) in [6.07, 6.45) is 0.866. The summed E-state index contributed by atoms with van der Waals surface area (Å²) in [5.41, 5.74) is 4.46. The standard InChI is InChI=1S/C10H22N4O2/c1-10(2,8(11)13-16)9(15)12-6-5-7-14(3)4/h16H,5-7H2,1-4H3,(H2,11,13)(H,12,15). The lowest BCUT2D eigenvalue weighted by molar-refractivity contribution is -0.126. The summed E-state index contributed by atoms with van der Waals surface area (Å²) in [5, 5.41) is 14.2. The Balaban J connectivity index is 4.07. The highest BCUT2D eigenvalue weighted by Crippen LogP contribution is 2.14. The molecule has 6 nitrogen and oxygen atoms in total. The van der Waals surface area contributed by atoms with Gasteiger partial charge in [0.25, 0.3) is 0 Å². The van der Waals surface area contributed by atoms with E-state index in [4.69, 9.17) is 10.9 Å². The van der Waals surface area contributed by atoms with Crippen LogP contribution in [-0.2, 0) is 4.79 Å². The second-order valence-electron chi connectivity index (χ2n) is 4.52. The molecule has 0 bridgehead atoms. The lowest BCUT2D eigenvalue weighted by Gasteiger charge is -2.22. The molecule has 0 rings (SSSR count). The first-order valence-corrected chi connectivity index (χ1v) is 5.23. The number of hydrogen-bond donors (Lipinski definition) is 3. The number of carbonyl (C=O) groups is 1. The maximum absolute atomic E-state index is 11.7. The van der Waals surface area contributed by atoms with E-state index in [0.717, 1.165) is 13.0 Å². The molecule has 0 fully saturated rings. The molecular formula is C10H22N4O2. The molecule has 0 unspecified atom stereocenters. The highest BCUT2D eigenvalue weighted by atomic mass is 16.4. The second-order valence-corrected chi connectivity index (χ2v) is 4.52. The molecule has 0 aromatic rings. The zero-order valence-electron chi connectivity index (χ0n) is 10.4. The summed E-state index contributed by atoms with van der Waals surface area (Å²) in [5.74, 6) is -0.320. The molecule has 0 saturated heterocycles. The van der Waals surface area contributed by atoms with E-state index < -0.39 is 5.41 Å². The van der Waals surface area contributed by atoms with Gasteiger partial charge in [-0.05, 0) is 40.9 Å². The minimum Gasteiger partial charge on any atom is -0.409 e. The second kappa shape index (κ2) is 6.32. The molecule has 0 aliphatic rings. The lowest BCUT2D eigenvalue weighted by Crippen LogP contribution is -2.46. The molecule has 0 spiro atoms. The van der Waals surface area contributed by atoms with Gasteiger partial charge in [0, 0.05) is 6.54 Å². The Hall–Kier alpha value is -1.30. The van der Waals surface area contributed by atoms with Crippen LogP contribution >= 0.6 is 0 Å². The van der Waals surface area contributed by atoms with Gasteiger partial charge in [0.15, 0.2) is 5.84 Å². The molecule has 0 atom stereocenters. The average molecular weight is 230 g/mol. The summed E-state index contributed by atoms with van der Waals surface area (Å²) in [6, 6.07) is 0. The Kier molecular flexibility index (Phi) is 5.81. The third kappa shape index (κ3) is 4.48. The van der Waals surface area contributed by atoms with Crippen molar-refractivity contribution in [2.24, 2.45) is 16.3 Å². The molecule has 4 N–H and O–H groups in total. The van der Waals surface area contributed by atoms with Crippen LogP contribution < -0.4 is 11.1 Å². The average Bonchev–Trinajstić information content (AvgIpc) is 2.22. The van der Waals surface area contributed by atoms with Crippen LogP contribution in [0.15, 0.2) is 5.16 Å². The Morgan fingerprint density at radius 3 is 2.50 bits per heavy atom. The summed E-state index contributed by atoms with van der Waals surface area (Å²) in [6.45, 7) is 4.72. The summed E-state index contributed by atoms with van der Waals surface area (Å²) < 4.78 is 0.